The van der Waals surface area contributed by atoms with Gasteiger partial charge in [-0.05, 0) is 24.6 Å². The van der Waals surface area contributed by atoms with E-state index in [-0.39, 0.29) is 12.5 Å². The van der Waals surface area contributed by atoms with Gasteiger partial charge in [0.25, 0.3) is 5.91 Å². The molecule has 0 spiro atoms. The minimum absolute atomic E-state index is 0.0286. The largest absolute Gasteiger partial charge is 0.395 e. The Hall–Kier alpha value is -1.64. The van der Waals surface area contributed by atoms with Gasteiger partial charge in [0.2, 0.25) is 0 Å². The zero-order chi connectivity index (χ0) is 15.7. The summed E-state index contributed by atoms with van der Waals surface area (Å²) < 4.78 is 11.3. The van der Waals surface area contributed by atoms with E-state index in [4.69, 9.17) is 5.11 Å². The van der Waals surface area contributed by atoms with Crippen LogP contribution in [0.4, 0.5) is 0 Å². The smallest absolute Gasteiger partial charge is 0.251 e. The van der Waals surface area contributed by atoms with Gasteiger partial charge in [-0.3, -0.25) is 9.00 Å². The minimum atomic E-state index is -0.876. The van der Waals surface area contributed by atoms with Gasteiger partial charge in [-0.15, -0.1) is 0 Å². The first kappa shape index (κ1) is 17.4. The van der Waals surface area contributed by atoms with Crippen molar-refractivity contribution < 1.29 is 14.1 Å². The Kier molecular flexibility index (Phi) is 7.73. The molecular formula is C16H21NO3S. The SMILES string of the molecule is CCS(=O)CCNC(=O)c1cccc(C#CCCO)c1C. The molecule has 4 nitrogen and oxygen atoms in total. The van der Waals surface area contributed by atoms with Crippen LogP contribution in [0.2, 0.25) is 0 Å². The number of hydrogen-bond donors (Lipinski definition) is 2. The Morgan fingerprint density at radius 3 is 2.86 bits per heavy atom. The van der Waals surface area contributed by atoms with Gasteiger partial charge in [-0.2, -0.15) is 0 Å². The zero-order valence-electron chi connectivity index (χ0n) is 12.4. The fourth-order valence-corrected chi connectivity index (χ4v) is 2.37. The predicted octanol–water partition coefficient (Wildman–Crippen LogP) is 1.23. The Labute approximate surface area is 128 Å². The number of carbonyl (C=O) groups excluding carboxylic acids is 1. The highest BCUT2D eigenvalue weighted by molar-refractivity contribution is 7.84. The predicted molar refractivity (Wildman–Crippen MR) is 85.6 cm³/mol. The van der Waals surface area contributed by atoms with Crippen molar-refractivity contribution in [3.05, 3.63) is 34.9 Å². The Balaban J connectivity index is 2.75. The van der Waals surface area contributed by atoms with E-state index in [1.54, 1.807) is 12.1 Å². The lowest BCUT2D eigenvalue weighted by Gasteiger charge is -2.08. The summed E-state index contributed by atoms with van der Waals surface area (Å²) in [6.07, 6.45) is 0.415. The second-order valence-corrected chi connectivity index (χ2v) is 6.31. The van der Waals surface area contributed by atoms with Crippen molar-refractivity contribution in [1.82, 2.24) is 5.32 Å². The van der Waals surface area contributed by atoms with Crippen LogP contribution in [-0.4, -0.2) is 39.9 Å². The number of rotatable bonds is 6. The molecule has 1 atom stereocenters. The summed E-state index contributed by atoms with van der Waals surface area (Å²) in [7, 11) is -0.876. The van der Waals surface area contributed by atoms with Crippen LogP contribution in [0.15, 0.2) is 18.2 Å². The van der Waals surface area contributed by atoms with E-state index in [0.29, 0.717) is 30.0 Å². The number of amides is 1. The number of nitrogens with one attached hydrogen (secondary N) is 1. The van der Waals surface area contributed by atoms with E-state index < -0.39 is 10.8 Å². The van der Waals surface area contributed by atoms with E-state index in [1.807, 2.05) is 19.9 Å². The first-order valence-corrected chi connectivity index (χ1v) is 8.41. The second-order valence-electron chi connectivity index (χ2n) is 4.44. The van der Waals surface area contributed by atoms with Gasteiger partial charge in [-0.1, -0.05) is 24.8 Å². The Morgan fingerprint density at radius 2 is 2.19 bits per heavy atom. The van der Waals surface area contributed by atoms with Crippen LogP contribution in [0.25, 0.3) is 0 Å². The summed E-state index contributed by atoms with van der Waals surface area (Å²) in [4.78, 5) is 12.1. The minimum Gasteiger partial charge on any atom is -0.395 e. The van der Waals surface area contributed by atoms with Crippen molar-refractivity contribution in [1.29, 1.82) is 0 Å². The van der Waals surface area contributed by atoms with Crippen molar-refractivity contribution in [3.63, 3.8) is 0 Å². The second kappa shape index (κ2) is 9.32. The third kappa shape index (κ3) is 5.70. The molecule has 21 heavy (non-hydrogen) atoms. The van der Waals surface area contributed by atoms with Gasteiger partial charge in [0.1, 0.15) is 0 Å². The van der Waals surface area contributed by atoms with Crippen molar-refractivity contribution >= 4 is 16.7 Å². The maximum atomic E-state index is 12.1. The molecule has 0 aliphatic heterocycles. The number of aliphatic hydroxyl groups excluding tert-OH is 1. The molecule has 2 N–H and O–H groups in total. The lowest BCUT2D eigenvalue weighted by atomic mass is 10.0. The van der Waals surface area contributed by atoms with Crippen LogP contribution in [0.1, 0.15) is 34.8 Å². The molecule has 5 heteroatoms. The molecule has 0 radical (unpaired) electrons. The molecule has 0 fully saturated rings. The molecule has 114 valence electrons. The highest BCUT2D eigenvalue weighted by Gasteiger charge is 2.10. The van der Waals surface area contributed by atoms with E-state index >= 15 is 0 Å². The quantitative estimate of drug-likeness (QED) is 0.777. The summed E-state index contributed by atoms with van der Waals surface area (Å²) in [5.41, 5.74) is 2.18. The maximum Gasteiger partial charge on any atom is 0.251 e. The molecule has 1 aromatic rings. The van der Waals surface area contributed by atoms with Crippen molar-refractivity contribution in [2.75, 3.05) is 24.7 Å². The Bertz CT molecular complexity index is 573. The highest BCUT2D eigenvalue weighted by Crippen LogP contribution is 2.12. The monoisotopic (exact) mass is 307 g/mol. The fourth-order valence-electron chi connectivity index (χ4n) is 1.75. The zero-order valence-corrected chi connectivity index (χ0v) is 13.3. The van der Waals surface area contributed by atoms with E-state index in [2.05, 4.69) is 17.2 Å². The summed E-state index contributed by atoms with van der Waals surface area (Å²) in [6.45, 7) is 4.14. The molecule has 1 aromatic carbocycles. The number of benzene rings is 1. The summed E-state index contributed by atoms with van der Waals surface area (Å²) >= 11 is 0. The van der Waals surface area contributed by atoms with Crippen molar-refractivity contribution in [3.8, 4) is 11.8 Å². The summed E-state index contributed by atoms with van der Waals surface area (Å²) in [5.74, 6) is 6.70. The van der Waals surface area contributed by atoms with Crippen LogP contribution < -0.4 is 5.32 Å². The van der Waals surface area contributed by atoms with Gasteiger partial charge < -0.3 is 10.4 Å². The normalized spacial score (nSPS) is 11.4. The molecule has 0 bridgehead atoms. The summed E-state index contributed by atoms with van der Waals surface area (Å²) in [6, 6.07) is 5.39. The third-order valence-electron chi connectivity index (χ3n) is 2.98. The fraction of sp³-hybridized carbons (Fsp3) is 0.438. The van der Waals surface area contributed by atoms with Crippen LogP contribution in [-0.2, 0) is 10.8 Å². The lowest BCUT2D eigenvalue weighted by molar-refractivity contribution is 0.0955. The first-order chi connectivity index (χ1) is 10.1. The topological polar surface area (TPSA) is 66.4 Å². The van der Waals surface area contributed by atoms with Crippen LogP contribution in [0.3, 0.4) is 0 Å². The molecule has 0 saturated carbocycles. The molecular weight excluding hydrogens is 286 g/mol. The molecule has 1 unspecified atom stereocenters. The van der Waals surface area contributed by atoms with Gasteiger partial charge in [0.05, 0.1) is 6.61 Å². The highest BCUT2D eigenvalue weighted by atomic mass is 32.2. The Morgan fingerprint density at radius 1 is 1.43 bits per heavy atom. The average Bonchev–Trinajstić information content (AvgIpc) is 2.48. The first-order valence-electron chi connectivity index (χ1n) is 6.92. The molecule has 0 aliphatic rings. The molecule has 0 heterocycles. The number of aliphatic hydroxyl groups is 1. The van der Waals surface area contributed by atoms with E-state index in [9.17, 15) is 9.00 Å². The summed E-state index contributed by atoms with van der Waals surface area (Å²) in [5, 5.41) is 11.5. The van der Waals surface area contributed by atoms with Gasteiger partial charge in [0, 0.05) is 46.4 Å². The van der Waals surface area contributed by atoms with Crippen LogP contribution in [0, 0.1) is 18.8 Å². The molecule has 1 rings (SSSR count). The molecule has 1 amide bonds. The molecule has 0 aromatic heterocycles. The van der Waals surface area contributed by atoms with Crippen molar-refractivity contribution in [2.24, 2.45) is 0 Å². The van der Waals surface area contributed by atoms with Gasteiger partial charge >= 0.3 is 0 Å². The lowest BCUT2D eigenvalue weighted by Crippen LogP contribution is -2.28. The van der Waals surface area contributed by atoms with Gasteiger partial charge in [0.15, 0.2) is 0 Å². The van der Waals surface area contributed by atoms with E-state index in [1.165, 1.54) is 0 Å². The van der Waals surface area contributed by atoms with Crippen LogP contribution in [0.5, 0.6) is 0 Å². The van der Waals surface area contributed by atoms with Gasteiger partial charge in [-0.25, -0.2) is 0 Å². The van der Waals surface area contributed by atoms with Crippen LogP contribution >= 0.6 is 0 Å². The molecule has 0 saturated heterocycles. The van der Waals surface area contributed by atoms with E-state index in [0.717, 1.165) is 11.1 Å². The average molecular weight is 307 g/mol. The third-order valence-corrected chi connectivity index (χ3v) is 4.28. The maximum absolute atomic E-state index is 12.1. The number of carbonyl (C=O) groups is 1. The molecule has 0 aliphatic carbocycles. The van der Waals surface area contributed by atoms with Crippen molar-refractivity contribution in [2.45, 2.75) is 20.3 Å². The standard InChI is InChI=1S/C16H21NO3S/c1-3-21(20)12-10-17-16(19)15-9-6-8-14(13(15)2)7-4-5-11-18/h6,8-9,18H,3,5,10-12H2,1-2H3,(H,17,19). The number of hydrogen-bond acceptors (Lipinski definition) is 3.